The summed E-state index contributed by atoms with van der Waals surface area (Å²) in [6.07, 6.45) is 3.36. The molecule has 0 aromatic heterocycles. The van der Waals surface area contributed by atoms with Crippen molar-refractivity contribution in [1.82, 2.24) is 5.32 Å². The van der Waals surface area contributed by atoms with Crippen molar-refractivity contribution >= 4 is 0 Å². The maximum Gasteiger partial charge on any atom is 0.122 e. The molecule has 0 unspecified atom stereocenters. The number of aliphatic hydroxyl groups is 1. The van der Waals surface area contributed by atoms with E-state index >= 15 is 0 Å². The highest BCUT2D eigenvalue weighted by molar-refractivity contribution is 5.38. The van der Waals surface area contributed by atoms with Gasteiger partial charge in [0, 0.05) is 6.54 Å². The van der Waals surface area contributed by atoms with Crippen molar-refractivity contribution in [1.29, 1.82) is 0 Å². The Balaban J connectivity index is 2.34. The zero-order valence-electron chi connectivity index (χ0n) is 12.0. The third-order valence-corrected chi connectivity index (χ3v) is 2.78. The average molecular weight is 263 g/mol. The Labute approximate surface area is 116 Å². The van der Waals surface area contributed by atoms with Crippen molar-refractivity contribution in [2.75, 3.05) is 19.7 Å². The zero-order chi connectivity index (χ0) is 14.1. The molecule has 3 heteroatoms. The van der Waals surface area contributed by atoms with Crippen LogP contribution in [0.25, 0.3) is 0 Å². The van der Waals surface area contributed by atoms with Crippen LogP contribution in [0.2, 0.25) is 0 Å². The van der Waals surface area contributed by atoms with Crippen LogP contribution in [-0.4, -0.2) is 30.9 Å². The Kier molecular flexibility index (Phi) is 7.23. The van der Waals surface area contributed by atoms with E-state index < -0.39 is 0 Å². The molecule has 0 aliphatic rings. The summed E-state index contributed by atoms with van der Waals surface area (Å²) < 4.78 is 5.80. The van der Waals surface area contributed by atoms with Crippen LogP contribution in [0.1, 0.15) is 24.5 Å². The number of rotatable bonds is 9. The molecule has 1 aromatic rings. The lowest BCUT2D eigenvalue weighted by Crippen LogP contribution is -2.26. The Morgan fingerprint density at radius 3 is 2.95 bits per heavy atom. The molecule has 0 aliphatic heterocycles. The van der Waals surface area contributed by atoms with E-state index in [-0.39, 0.29) is 6.10 Å². The summed E-state index contributed by atoms with van der Waals surface area (Å²) >= 11 is 0. The molecule has 106 valence electrons. The normalized spacial score (nSPS) is 12.2. The molecule has 0 radical (unpaired) electrons. The first-order valence-electron chi connectivity index (χ1n) is 6.85. The molecule has 0 fully saturated rings. The van der Waals surface area contributed by atoms with Crippen molar-refractivity contribution < 1.29 is 9.84 Å². The van der Waals surface area contributed by atoms with Crippen molar-refractivity contribution in [2.45, 2.75) is 32.8 Å². The lowest BCUT2D eigenvalue weighted by molar-refractivity contribution is 0.190. The predicted molar refractivity (Wildman–Crippen MR) is 79.7 cm³/mol. The quantitative estimate of drug-likeness (QED) is 0.531. The Morgan fingerprint density at radius 2 is 2.26 bits per heavy atom. The molecule has 1 aromatic carbocycles. The van der Waals surface area contributed by atoms with E-state index in [1.807, 2.05) is 12.1 Å². The number of hydrogen-bond donors (Lipinski definition) is 2. The minimum absolute atomic E-state index is 0.294. The maximum atomic E-state index is 9.11. The van der Waals surface area contributed by atoms with Crippen molar-refractivity contribution in [3.63, 3.8) is 0 Å². The van der Waals surface area contributed by atoms with Gasteiger partial charge in [-0.2, -0.15) is 0 Å². The van der Waals surface area contributed by atoms with Gasteiger partial charge in [0.05, 0.1) is 12.7 Å². The highest BCUT2D eigenvalue weighted by Crippen LogP contribution is 2.21. The van der Waals surface area contributed by atoms with Gasteiger partial charge in [-0.3, -0.25) is 0 Å². The number of ether oxygens (including phenoxy) is 1. The molecule has 2 N–H and O–H groups in total. The Hall–Kier alpha value is -1.32. The molecule has 0 saturated heterocycles. The summed E-state index contributed by atoms with van der Waals surface area (Å²) in [6, 6.07) is 6.23. The molecule has 0 spiro atoms. The van der Waals surface area contributed by atoms with Crippen LogP contribution in [0.4, 0.5) is 0 Å². The molecular weight excluding hydrogens is 238 g/mol. The minimum Gasteiger partial charge on any atom is -0.493 e. The topological polar surface area (TPSA) is 41.5 Å². The third-order valence-electron chi connectivity index (χ3n) is 2.78. The Morgan fingerprint density at radius 1 is 1.47 bits per heavy atom. The average Bonchev–Trinajstić information content (AvgIpc) is 2.36. The van der Waals surface area contributed by atoms with E-state index in [1.54, 1.807) is 6.92 Å². The molecule has 19 heavy (non-hydrogen) atoms. The number of aryl methyl sites for hydroxylation is 1. The fraction of sp³-hybridized carbons (Fsp3) is 0.500. The van der Waals surface area contributed by atoms with Gasteiger partial charge in [-0.15, -0.1) is 6.58 Å². The highest BCUT2D eigenvalue weighted by atomic mass is 16.5. The zero-order valence-corrected chi connectivity index (χ0v) is 12.0. The lowest BCUT2D eigenvalue weighted by atomic mass is 10.1. The summed E-state index contributed by atoms with van der Waals surface area (Å²) in [5.74, 6) is 0.945. The molecule has 0 bridgehead atoms. The summed E-state index contributed by atoms with van der Waals surface area (Å²) in [4.78, 5) is 0. The van der Waals surface area contributed by atoms with Crippen LogP contribution in [0, 0.1) is 6.92 Å². The van der Waals surface area contributed by atoms with Crippen LogP contribution < -0.4 is 10.1 Å². The second-order valence-corrected chi connectivity index (χ2v) is 4.86. The number of nitrogens with one attached hydrogen (secondary N) is 1. The second-order valence-electron chi connectivity index (χ2n) is 4.86. The summed E-state index contributed by atoms with van der Waals surface area (Å²) in [5, 5.41) is 12.3. The first-order valence-corrected chi connectivity index (χ1v) is 6.85. The lowest BCUT2D eigenvalue weighted by Gasteiger charge is -2.12. The largest absolute Gasteiger partial charge is 0.493 e. The second kappa shape index (κ2) is 8.73. The maximum absolute atomic E-state index is 9.11. The fourth-order valence-electron chi connectivity index (χ4n) is 1.85. The predicted octanol–water partition coefficient (Wildman–Crippen LogP) is 2.46. The van der Waals surface area contributed by atoms with Gasteiger partial charge in [-0.1, -0.05) is 23.8 Å². The molecule has 3 nitrogen and oxygen atoms in total. The van der Waals surface area contributed by atoms with Gasteiger partial charge in [0.1, 0.15) is 5.75 Å². The first kappa shape index (κ1) is 15.7. The van der Waals surface area contributed by atoms with E-state index in [4.69, 9.17) is 9.84 Å². The third kappa shape index (κ3) is 6.41. The molecular formula is C16H25NO2. The van der Waals surface area contributed by atoms with E-state index in [1.165, 1.54) is 11.1 Å². The van der Waals surface area contributed by atoms with Crippen molar-refractivity contribution in [3.8, 4) is 5.75 Å². The van der Waals surface area contributed by atoms with Crippen LogP contribution in [0.5, 0.6) is 5.75 Å². The van der Waals surface area contributed by atoms with E-state index in [2.05, 4.69) is 31.0 Å². The number of aliphatic hydroxyl groups excluding tert-OH is 1. The smallest absolute Gasteiger partial charge is 0.122 e. The van der Waals surface area contributed by atoms with Crippen molar-refractivity contribution in [3.05, 3.63) is 42.0 Å². The molecule has 0 amide bonds. The van der Waals surface area contributed by atoms with Crippen LogP contribution >= 0.6 is 0 Å². The SMILES string of the molecule is C=CCc1cc(C)ccc1OCCCNC[C@@H](C)O. The number of hydrogen-bond acceptors (Lipinski definition) is 3. The molecule has 0 aliphatic carbocycles. The van der Waals surface area contributed by atoms with Gasteiger partial charge in [-0.25, -0.2) is 0 Å². The van der Waals surface area contributed by atoms with Crippen molar-refractivity contribution in [2.24, 2.45) is 0 Å². The van der Waals surface area contributed by atoms with Gasteiger partial charge >= 0.3 is 0 Å². The summed E-state index contributed by atoms with van der Waals surface area (Å²) in [6.45, 7) is 9.80. The van der Waals surface area contributed by atoms with E-state index in [0.29, 0.717) is 13.2 Å². The monoisotopic (exact) mass is 263 g/mol. The Bertz CT molecular complexity index is 388. The molecule has 0 heterocycles. The number of benzene rings is 1. The number of allylic oxidation sites excluding steroid dienone is 1. The van der Waals surface area contributed by atoms with Gasteiger partial charge < -0.3 is 15.2 Å². The van der Waals surface area contributed by atoms with Gasteiger partial charge in [0.25, 0.3) is 0 Å². The molecule has 1 atom stereocenters. The highest BCUT2D eigenvalue weighted by Gasteiger charge is 2.02. The van der Waals surface area contributed by atoms with E-state index in [0.717, 1.165) is 25.1 Å². The molecule has 0 saturated carbocycles. The van der Waals surface area contributed by atoms with E-state index in [9.17, 15) is 0 Å². The van der Waals surface area contributed by atoms with Crippen LogP contribution in [0.15, 0.2) is 30.9 Å². The summed E-state index contributed by atoms with van der Waals surface area (Å²) in [7, 11) is 0. The fourth-order valence-corrected chi connectivity index (χ4v) is 1.85. The molecule has 1 rings (SSSR count). The summed E-state index contributed by atoms with van der Waals surface area (Å²) in [5.41, 5.74) is 2.43. The van der Waals surface area contributed by atoms with Crippen LogP contribution in [-0.2, 0) is 6.42 Å². The first-order chi connectivity index (χ1) is 9.13. The minimum atomic E-state index is -0.294. The van der Waals surface area contributed by atoms with Gasteiger partial charge in [0.15, 0.2) is 0 Å². The van der Waals surface area contributed by atoms with Crippen LogP contribution in [0.3, 0.4) is 0 Å². The van der Waals surface area contributed by atoms with Gasteiger partial charge in [0.2, 0.25) is 0 Å². The standard InChI is InChI=1S/C16H25NO2/c1-4-6-15-11-13(2)7-8-16(15)19-10-5-9-17-12-14(3)18/h4,7-8,11,14,17-18H,1,5-6,9-10,12H2,2-3H3/t14-/m1/s1. The van der Waals surface area contributed by atoms with Gasteiger partial charge in [-0.05, 0) is 44.9 Å².